The molecule has 1 atom stereocenters. The van der Waals surface area contributed by atoms with E-state index in [1.54, 1.807) is 6.07 Å². The first-order valence-electron chi connectivity index (χ1n) is 7.06. The average Bonchev–Trinajstić information content (AvgIpc) is 2.77. The van der Waals surface area contributed by atoms with Gasteiger partial charge in [-0.1, -0.05) is 12.1 Å². The van der Waals surface area contributed by atoms with E-state index in [1.165, 1.54) is 6.42 Å². The molecule has 1 aromatic rings. The van der Waals surface area contributed by atoms with Crippen LogP contribution in [0.3, 0.4) is 0 Å². The highest BCUT2D eigenvalue weighted by Gasteiger charge is 2.21. The van der Waals surface area contributed by atoms with E-state index >= 15 is 0 Å². The number of hydrogen-bond acceptors (Lipinski definition) is 4. The summed E-state index contributed by atoms with van der Waals surface area (Å²) < 4.78 is 0. The molecule has 0 saturated carbocycles. The largest absolute Gasteiger partial charge is 0.397 e. The Balaban J connectivity index is 1.78. The number of para-hydroxylation sites is 2. The number of anilines is 2. The molecule has 1 aromatic carbocycles. The SMILES string of the molecule is CN1CCC(CN(C)CC(=O)Nc2ccccc2N)C1. The molecule has 1 aliphatic rings. The fourth-order valence-corrected chi connectivity index (χ4v) is 2.73. The first kappa shape index (κ1) is 14.8. The Morgan fingerprint density at radius 2 is 2.25 bits per heavy atom. The van der Waals surface area contributed by atoms with Crippen LogP contribution < -0.4 is 11.1 Å². The molecule has 0 aromatic heterocycles. The van der Waals surface area contributed by atoms with Crippen LogP contribution in [0.1, 0.15) is 6.42 Å². The molecule has 3 N–H and O–H groups in total. The average molecular weight is 276 g/mol. The van der Waals surface area contributed by atoms with Gasteiger partial charge in [-0.25, -0.2) is 0 Å². The molecule has 1 heterocycles. The number of likely N-dealkylation sites (N-methyl/N-ethyl adjacent to an activating group) is 1. The molecule has 0 bridgehead atoms. The number of likely N-dealkylation sites (tertiary alicyclic amines) is 1. The number of nitrogens with one attached hydrogen (secondary N) is 1. The van der Waals surface area contributed by atoms with Crippen LogP contribution in [0.2, 0.25) is 0 Å². The van der Waals surface area contributed by atoms with Gasteiger partial charge in [-0.2, -0.15) is 0 Å². The molecule has 20 heavy (non-hydrogen) atoms. The topological polar surface area (TPSA) is 61.6 Å². The highest BCUT2D eigenvalue weighted by Crippen LogP contribution is 2.17. The first-order chi connectivity index (χ1) is 9.54. The second-order valence-corrected chi connectivity index (χ2v) is 5.75. The first-order valence-corrected chi connectivity index (χ1v) is 7.06. The Kier molecular flexibility index (Phi) is 4.98. The van der Waals surface area contributed by atoms with Gasteiger partial charge < -0.3 is 16.0 Å². The molecule has 1 aliphatic heterocycles. The number of benzene rings is 1. The van der Waals surface area contributed by atoms with Crippen molar-refractivity contribution in [3.8, 4) is 0 Å². The van der Waals surface area contributed by atoms with Crippen LogP contribution >= 0.6 is 0 Å². The van der Waals surface area contributed by atoms with Crippen molar-refractivity contribution in [2.45, 2.75) is 6.42 Å². The van der Waals surface area contributed by atoms with Gasteiger partial charge in [-0.15, -0.1) is 0 Å². The van der Waals surface area contributed by atoms with E-state index in [4.69, 9.17) is 5.73 Å². The van der Waals surface area contributed by atoms with Gasteiger partial charge in [-0.3, -0.25) is 9.69 Å². The predicted octanol–water partition coefficient (Wildman–Crippen LogP) is 1.09. The maximum Gasteiger partial charge on any atom is 0.238 e. The Morgan fingerprint density at radius 1 is 1.50 bits per heavy atom. The van der Waals surface area contributed by atoms with Crippen LogP contribution in [0.4, 0.5) is 11.4 Å². The normalized spacial score (nSPS) is 19.4. The van der Waals surface area contributed by atoms with Crippen molar-refractivity contribution in [1.29, 1.82) is 0 Å². The van der Waals surface area contributed by atoms with Crippen LogP contribution in [0, 0.1) is 5.92 Å². The van der Waals surface area contributed by atoms with Gasteiger partial charge in [0.2, 0.25) is 5.91 Å². The highest BCUT2D eigenvalue weighted by molar-refractivity contribution is 5.95. The summed E-state index contributed by atoms with van der Waals surface area (Å²) in [6.45, 7) is 3.64. The second kappa shape index (κ2) is 6.72. The van der Waals surface area contributed by atoms with Crippen molar-refractivity contribution in [2.24, 2.45) is 5.92 Å². The molecule has 1 fully saturated rings. The van der Waals surface area contributed by atoms with E-state index in [2.05, 4.69) is 22.2 Å². The van der Waals surface area contributed by atoms with Crippen LogP contribution in [0.15, 0.2) is 24.3 Å². The van der Waals surface area contributed by atoms with Crippen LogP contribution in [0.5, 0.6) is 0 Å². The van der Waals surface area contributed by atoms with Gasteiger partial charge in [0, 0.05) is 13.1 Å². The summed E-state index contributed by atoms with van der Waals surface area (Å²) in [5, 5.41) is 2.86. The summed E-state index contributed by atoms with van der Waals surface area (Å²) in [6, 6.07) is 7.32. The number of nitrogens with two attached hydrogens (primary N) is 1. The zero-order valence-electron chi connectivity index (χ0n) is 12.3. The molecule has 1 saturated heterocycles. The van der Waals surface area contributed by atoms with Gasteiger partial charge in [0.15, 0.2) is 0 Å². The van der Waals surface area contributed by atoms with E-state index in [0.29, 0.717) is 23.8 Å². The Labute approximate surface area is 120 Å². The highest BCUT2D eigenvalue weighted by atomic mass is 16.2. The minimum atomic E-state index is -0.0169. The standard InChI is InChI=1S/C15H24N4O/c1-18-8-7-12(9-18)10-19(2)11-15(20)17-14-6-4-3-5-13(14)16/h3-6,12H,7-11,16H2,1-2H3,(H,17,20). The predicted molar refractivity (Wildman–Crippen MR) is 82.6 cm³/mol. The monoisotopic (exact) mass is 276 g/mol. The Bertz CT molecular complexity index is 463. The maximum atomic E-state index is 12.0. The van der Waals surface area contributed by atoms with Gasteiger partial charge >= 0.3 is 0 Å². The van der Waals surface area contributed by atoms with Crippen LogP contribution in [-0.4, -0.2) is 56.0 Å². The number of rotatable bonds is 5. The van der Waals surface area contributed by atoms with E-state index in [9.17, 15) is 4.79 Å². The number of amides is 1. The molecule has 1 amide bonds. The van der Waals surface area contributed by atoms with Crippen LogP contribution in [-0.2, 0) is 4.79 Å². The van der Waals surface area contributed by atoms with Crippen LogP contribution in [0.25, 0.3) is 0 Å². The van der Waals surface area contributed by atoms with Crippen molar-refractivity contribution in [1.82, 2.24) is 9.80 Å². The smallest absolute Gasteiger partial charge is 0.238 e. The molecular formula is C15H24N4O. The number of nitrogens with zero attached hydrogens (tertiary/aromatic N) is 2. The summed E-state index contributed by atoms with van der Waals surface area (Å²) in [5.41, 5.74) is 7.10. The lowest BCUT2D eigenvalue weighted by molar-refractivity contribution is -0.117. The van der Waals surface area contributed by atoms with Gasteiger partial charge in [0.05, 0.1) is 17.9 Å². The van der Waals surface area contributed by atoms with Crippen molar-refractivity contribution in [3.63, 3.8) is 0 Å². The summed E-state index contributed by atoms with van der Waals surface area (Å²) in [7, 11) is 4.14. The second-order valence-electron chi connectivity index (χ2n) is 5.75. The lowest BCUT2D eigenvalue weighted by atomic mass is 10.1. The number of hydrogen-bond donors (Lipinski definition) is 2. The zero-order chi connectivity index (χ0) is 14.5. The summed E-state index contributed by atoms with van der Waals surface area (Å²) in [4.78, 5) is 16.4. The Hall–Kier alpha value is -1.59. The third-order valence-corrected chi connectivity index (χ3v) is 3.71. The molecule has 110 valence electrons. The fourth-order valence-electron chi connectivity index (χ4n) is 2.73. The quantitative estimate of drug-likeness (QED) is 0.790. The minimum absolute atomic E-state index is 0.0169. The molecule has 0 spiro atoms. The number of carbonyl (C=O) groups excluding carboxylic acids is 1. The zero-order valence-corrected chi connectivity index (χ0v) is 12.3. The van der Waals surface area contributed by atoms with Crippen molar-refractivity contribution in [3.05, 3.63) is 24.3 Å². The number of nitrogen functional groups attached to an aromatic ring is 1. The molecule has 0 aliphatic carbocycles. The van der Waals surface area contributed by atoms with E-state index in [1.807, 2.05) is 25.2 Å². The van der Waals surface area contributed by atoms with Crippen molar-refractivity contribution in [2.75, 3.05) is 51.3 Å². The van der Waals surface area contributed by atoms with Gasteiger partial charge in [0.1, 0.15) is 0 Å². The number of carbonyl (C=O) groups is 1. The van der Waals surface area contributed by atoms with Gasteiger partial charge in [-0.05, 0) is 45.1 Å². The fraction of sp³-hybridized carbons (Fsp3) is 0.533. The molecular weight excluding hydrogens is 252 g/mol. The molecule has 2 rings (SSSR count). The minimum Gasteiger partial charge on any atom is -0.397 e. The lowest BCUT2D eigenvalue weighted by Crippen LogP contribution is -2.34. The van der Waals surface area contributed by atoms with E-state index < -0.39 is 0 Å². The summed E-state index contributed by atoms with van der Waals surface area (Å²) in [5.74, 6) is 0.649. The third kappa shape index (κ3) is 4.21. The Morgan fingerprint density at radius 3 is 2.90 bits per heavy atom. The molecule has 5 heteroatoms. The summed E-state index contributed by atoms with van der Waals surface area (Å²) >= 11 is 0. The molecule has 1 unspecified atom stereocenters. The van der Waals surface area contributed by atoms with Crippen molar-refractivity contribution < 1.29 is 4.79 Å². The maximum absolute atomic E-state index is 12.0. The van der Waals surface area contributed by atoms with Gasteiger partial charge in [0.25, 0.3) is 0 Å². The van der Waals surface area contributed by atoms with Crippen molar-refractivity contribution >= 4 is 17.3 Å². The summed E-state index contributed by atoms with van der Waals surface area (Å²) in [6.07, 6.45) is 1.22. The molecule has 5 nitrogen and oxygen atoms in total. The molecule has 0 radical (unpaired) electrons. The lowest BCUT2D eigenvalue weighted by Gasteiger charge is -2.20. The third-order valence-electron chi connectivity index (χ3n) is 3.71. The van der Waals surface area contributed by atoms with E-state index in [-0.39, 0.29) is 5.91 Å². The van der Waals surface area contributed by atoms with E-state index in [0.717, 1.165) is 19.6 Å².